The van der Waals surface area contributed by atoms with Crippen molar-refractivity contribution < 1.29 is 0 Å². The van der Waals surface area contributed by atoms with Crippen LogP contribution in [0.2, 0.25) is 0 Å². The van der Waals surface area contributed by atoms with Crippen molar-refractivity contribution in [2.45, 2.75) is 26.4 Å². The van der Waals surface area contributed by atoms with Crippen molar-refractivity contribution in [2.75, 3.05) is 6.54 Å². The van der Waals surface area contributed by atoms with E-state index in [1.165, 1.54) is 0 Å². The minimum absolute atomic E-state index is 0.0963. The Labute approximate surface area is 78.8 Å². The summed E-state index contributed by atoms with van der Waals surface area (Å²) < 4.78 is 0. The Morgan fingerprint density at radius 3 is 3.15 bits per heavy atom. The second kappa shape index (κ2) is 4.77. The average molecular weight is 180 g/mol. The standard InChI is InChI=1S/C9H16N4/c1-8-4-7-13(9(2)12-8)11-6-3-5-10/h4,6-7,9H,3,5,10H2,1-2H3/b11-6-. The largest absolute Gasteiger partial charge is 0.330 e. The molecule has 0 saturated carbocycles. The van der Waals surface area contributed by atoms with Gasteiger partial charge >= 0.3 is 0 Å². The summed E-state index contributed by atoms with van der Waals surface area (Å²) in [5, 5.41) is 6.04. The van der Waals surface area contributed by atoms with E-state index in [0.29, 0.717) is 6.54 Å². The van der Waals surface area contributed by atoms with Crippen molar-refractivity contribution in [1.82, 2.24) is 5.01 Å². The lowest BCUT2D eigenvalue weighted by molar-refractivity contribution is 0.314. The summed E-state index contributed by atoms with van der Waals surface area (Å²) >= 11 is 0. The zero-order valence-electron chi connectivity index (χ0n) is 8.14. The zero-order valence-corrected chi connectivity index (χ0v) is 8.14. The van der Waals surface area contributed by atoms with Gasteiger partial charge < -0.3 is 5.73 Å². The number of hydrogen-bond donors (Lipinski definition) is 1. The van der Waals surface area contributed by atoms with Gasteiger partial charge in [0, 0.05) is 18.1 Å². The van der Waals surface area contributed by atoms with Gasteiger partial charge in [-0.15, -0.1) is 0 Å². The van der Waals surface area contributed by atoms with E-state index in [1.807, 2.05) is 37.3 Å². The molecule has 1 atom stereocenters. The topological polar surface area (TPSA) is 54.0 Å². The van der Waals surface area contributed by atoms with Gasteiger partial charge in [0.25, 0.3) is 0 Å². The molecule has 0 aromatic carbocycles. The fourth-order valence-corrected chi connectivity index (χ4v) is 1.07. The molecule has 1 unspecified atom stereocenters. The summed E-state index contributed by atoms with van der Waals surface area (Å²) in [6.45, 7) is 4.62. The first-order valence-corrected chi connectivity index (χ1v) is 4.47. The van der Waals surface area contributed by atoms with Crippen molar-refractivity contribution >= 4 is 11.9 Å². The zero-order chi connectivity index (χ0) is 9.68. The van der Waals surface area contributed by atoms with Gasteiger partial charge in [-0.05, 0) is 32.9 Å². The Balaban J connectivity index is 2.49. The Morgan fingerprint density at radius 1 is 1.77 bits per heavy atom. The van der Waals surface area contributed by atoms with Crippen LogP contribution >= 0.6 is 0 Å². The van der Waals surface area contributed by atoms with Crippen LogP contribution in [0.25, 0.3) is 0 Å². The second-order valence-corrected chi connectivity index (χ2v) is 2.97. The Bertz CT molecular complexity index is 242. The molecule has 0 aliphatic carbocycles. The van der Waals surface area contributed by atoms with Gasteiger partial charge in [0.2, 0.25) is 0 Å². The van der Waals surface area contributed by atoms with Crippen molar-refractivity contribution in [3.63, 3.8) is 0 Å². The van der Waals surface area contributed by atoms with Gasteiger partial charge in [0.15, 0.2) is 0 Å². The molecule has 1 aliphatic heterocycles. The minimum atomic E-state index is 0.0963. The minimum Gasteiger partial charge on any atom is -0.330 e. The third-order valence-corrected chi connectivity index (χ3v) is 1.75. The van der Waals surface area contributed by atoms with Crippen molar-refractivity contribution in [3.8, 4) is 0 Å². The Morgan fingerprint density at radius 2 is 2.54 bits per heavy atom. The molecule has 13 heavy (non-hydrogen) atoms. The van der Waals surface area contributed by atoms with Crippen molar-refractivity contribution in [1.29, 1.82) is 0 Å². The number of aliphatic imine (C=N–C) groups is 1. The lowest BCUT2D eigenvalue weighted by atomic mass is 10.3. The van der Waals surface area contributed by atoms with Crippen molar-refractivity contribution in [3.05, 3.63) is 12.3 Å². The van der Waals surface area contributed by atoms with Crippen LogP contribution in [-0.2, 0) is 0 Å². The SMILES string of the molecule is CC1=NC(C)N(/N=C\CCN)C=C1. The van der Waals surface area contributed by atoms with Crippen LogP contribution in [0.1, 0.15) is 20.3 Å². The first-order valence-electron chi connectivity index (χ1n) is 4.47. The predicted octanol–water partition coefficient (Wildman–Crippen LogP) is 0.957. The maximum Gasteiger partial charge on any atom is 0.138 e. The molecule has 0 radical (unpaired) electrons. The van der Waals surface area contributed by atoms with Crippen LogP contribution < -0.4 is 5.73 Å². The lowest BCUT2D eigenvalue weighted by Crippen LogP contribution is -2.25. The monoisotopic (exact) mass is 180 g/mol. The summed E-state index contributed by atoms with van der Waals surface area (Å²) in [6.07, 6.45) is 6.59. The highest BCUT2D eigenvalue weighted by molar-refractivity contribution is 5.93. The van der Waals surface area contributed by atoms with Crippen LogP contribution in [0.3, 0.4) is 0 Å². The summed E-state index contributed by atoms with van der Waals surface area (Å²) in [7, 11) is 0. The lowest BCUT2D eigenvalue weighted by Gasteiger charge is -2.22. The van der Waals surface area contributed by atoms with E-state index in [2.05, 4.69) is 10.1 Å². The molecule has 2 N–H and O–H groups in total. The molecule has 1 aliphatic rings. The average Bonchev–Trinajstić information content (AvgIpc) is 2.09. The quantitative estimate of drug-likeness (QED) is 0.658. The van der Waals surface area contributed by atoms with Crippen LogP contribution in [0, 0.1) is 0 Å². The van der Waals surface area contributed by atoms with Gasteiger partial charge in [0.1, 0.15) is 6.17 Å². The van der Waals surface area contributed by atoms with E-state index in [4.69, 9.17) is 5.73 Å². The van der Waals surface area contributed by atoms with Gasteiger partial charge in [-0.1, -0.05) is 0 Å². The molecule has 1 heterocycles. The Hall–Kier alpha value is -1.16. The molecule has 0 amide bonds. The highest BCUT2D eigenvalue weighted by atomic mass is 15.5. The summed E-state index contributed by atoms with van der Waals surface area (Å²) in [4.78, 5) is 4.35. The summed E-state index contributed by atoms with van der Waals surface area (Å²) in [5.74, 6) is 0. The number of nitrogens with two attached hydrogens (primary N) is 1. The van der Waals surface area contributed by atoms with Crippen LogP contribution in [-0.4, -0.2) is 29.6 Å². The molecule has 0 fully saturated rings. The smallest absolute Gasteiger partial charge is 0.138 e. The predicted molar refractivity (Wildman–Crippen MR) is 55.7 cm³/mol. The number of rotatable bonds is 3. The van der Waals surface area contributed by atoms with Gasteiger partial charge in [-0.2, -0.15) is 5.10 Å². The molecule has 4 nitrogen and oxygen atoms in total. The molecule has 0 aromatic heterocycles. The molecular formula is C9H16N4. The molecule has 0 spiro atoms. The maximum atomic E-state index is 5.35. The summed E-state index contributed by atoms with van der Waals surface area (Å²) in [6, 6.07) is 0. The van der Waals surface area contributed by atoms with Gasteiger partial charge in [-0.25, -0.2) is 5.01 Å². The van der Waals surface area contributed by atoms with Gasteiger partial charge in [-0.3, -0.25) is 4.99 Å². The second-order valence-electron chi connectivity index (χ2n) is 2.97. The third-order valence-electron chi connectivity index (χ3n) is 1.75. The highest BCUT2D eigenvalue weighted by Gasteiger charge is 2.09. The number of hydrazone groups is 1. The fourth-order valence-electron chi connectivity index (χ4n) is 1.07. The van der Waals surface area contributed by atoms with Crippen LogP contribution in [0.15, 0.2) is 22.4 Å². The van der Waals surface area contributed by atoms with Gasteiger partial charge in [0.05, 0.1) is 0 Å². The van der Waals surface area contributed by atoms with Crippen LogP contribution in [0.5, 0.6) is 0 Å². The molecular weight excluding hydrogens is 164 g/mol. The van der Waals surface area contributed by atoms with E-state index in [0.717, 1.165) is 12.1 Å². The number of allylic oxidation sites excluding steroid dienone is 1. The van der Waals surface area contributed by atoms with E-state index < -0.39 is 0 Å². The van der Waals surface area contributed by atoms with E-state index >= 15 is 0 Å². The van der Waals surface area contributed by atoms with E-state index in [9.17, 15) is 0 Å². The molecule has 0 aromatic rings. The molecule has 4 heteroatoms. The number of hydrogen-bond acceptors (Lipinski definition) is 4. The summed E-state index contributed by atoms with van der Waals surface area (Å²) in [5.41, 5.74) is 6.39. The first kappa shape index (κ1) is 9.92. The number of nitrogens with zero attached hydrogens (tertiary/aromatic N) is 3. The highest BCUT2D eigenvalue weighted by Crippen LogP contribution is 2.08. The van der Waals surface area contributed by atoms with E-state index in [-0.39, 0.29) is 6.17 Å². The maximum absolute atomic E-state index is 5.35. The van der Waals surface area contributed by atoms with E-state index in [1.54, 1.807) is 0 Å². The molecule has 1 rings (SSSR count). The van der Waals surface area contributed by atoms with Crippen molar-refractivity contribution in [2.24, 2.45) is 15.8 Å². The normalized spacial score (nSPS) is 22.5. The Kier molecular flexibility index (Phi) is 3.64. The third kappa shape index (κ3) is 2.99. The molecule has 72 valence electrons. The molecule has 0 bridgehead atoms. The molecule has 0 saturated heterocycles. The first-order chi connectivity index (χ1) is 6.24. The van der Waals surface area contributed by atoms with Crippen LogP contribution in [0.4, 0.5) is 0 Å². The fraction of sp³-hybridized carbons (Fsp3) is 0.556.